The van der Waals surface area contributed by atoms with E-state index < -0.39 is 0 Å². The minimum atomic E-state index is -0.237. The van der Waals surface area contributed by atoms with Gasteiger partial charge in [-0.2, -0.15) is 0 Å². The molecule has 0 radical (unpaired) electrons. The predicted octanol–water partition coefficient (Wildman–Crippen LogP) is 2.40. The molecule has 9 heteroatoms. The van der Waals surface area contributed by atoms with Crippen LogP contribution >= 0.6 is 0 Å². The van der Waals surface area contributed by atoms with Gasteiger partial charge < -0.3 is 19.6 Å². The maximum absolute atomic E-state index is 13.3. The molecule has 34 heavy (non-hydrogen) atoms. The predicted molar refractivity (Wildman–Crippen MR) is 129 cm³/mol. The van der Waals surface area contributed by atoms with Crippen molar-refractivity contribution in [2.75, 3.05) is 62.2 Å². The third kappa shape index (κ3) is 4.25. The SMILES string of the molecule is CC(=O)N1CCN(C(=O)c2nnc(N3CCN(c4ccc(F)cc4)CC3)c3ccccc23)CC1. The van der Waals surface area contributed by atoms with Crippen molar-refractivity contribution in [2.24, 2.45) is 0 Å². The summed E-state index contributed by atoms with van der Waals surface area (Å²) in [5, 5.41) is 10.6. The number of carbonyl (C=O) groups excluding carboxylic acids is 2. The molecule has 0 aliphatic carbocycles. The van der Waals surface area contributed by atoms with Crippen LogP contribution in [0, 0.1) is 5.82 Å². The van der Waals surface area contributed by atoms with Crippen LogP contribution in [0.15, 0.2) is 48.5 Å². The number of halogens is 1. The molecular formula is C25H27FN6O2. The van der Waals surface area contributed by atoms with Crippen LogP contribution in [-0.4, -0.2) is 84.2 Å². The van der Waals surface area contributed by atoms with Crippen molar-refractivity contribution < 1.29 is 14.0 Å². The van der Waals surface area contributed by atoms with E-state index in [-0.39, 0.29) is 17.6 Å². The third-order valence-electron chi connectivity index (χ3n) is 6.65. The molecule has 2 aliphatic heterocycles. The summed E-state index contributed by atoms with van der Waals surface area (Å²) in [7, 11) is 0. The number of anilines is 2. The summed E-state index contributed by atoms with van der Waals surface area (Å²) in [4.78, 5) is 32.8. The maximum Gasteiger partial charge on any atom is 0.275 e. The van der Waals surface area contributed by atoms with E-state index in [0.717, 1.165) is 48.5 Å². The van der Waals surface area contributed by atoms with Crippen LogP contribution in [-0.2, 0) is 4.79 Å². The van der Waals surface area contributed by atoms with Crippen molar-refractivity contribution in [2.45, 2.75) is 6.92 Å². The Labute approximate surface area is 197 Å². The fraction of sp³-hybridized carbons (Fsp3) is 0.360. The Balaban J connectivity index is 1.34. The van der Waals surface area contributed by atoms with E-state index in [1.54, 1.807) is 28.9 Å². The van der Waals surface area contributed by atoms with Gasteiger partial charge in [-0.3, -0.25) is 9.59 Å². The highest BCUT2D eigenvalue weighted by atomic mass is 19.1. The Morgan fingerprint density at radius 2 is 1.32 bits per heavy atom. The molecule has 2 aromatic carbocycles. The number of aromatic nitrogens is 2. The Kier molecular flexibility index (Phi) is 6.00. The fourth-order valence-electron chi connectivity index (χ4n) is 4.68. The summed E-state index contributed by atoms with van der Waals surface area (Å²) >= 11 is 0. The molecule has 1 aromatic heterocycles. The Morgan fingerprint density at radius 1 is 0.735 bits per heavy atom. The molecule has 5 rings (SSSR count). The second kappa shape index (κ2) is 9.24. The van der Waals surface area contributed by atoms with Crippen molar-refractivity contribution >= 4 is 34.1 Å². The molecule has 0 spiro atoms. The lowest BCUT2D eigenvalue weighted by Crippen LogP contribution is -2.50. The standard InChI is InChI=1S/C25H27FN6O2/c1-18(33)29-10-16-32(17-11-29)25(34)23-21-4-2-3-5-22(21)24(28-27-23)31-14-12-30(13-15-31)20-8-6-19(26)7-9-20/h2-9H,10-17H2,1H3. The van der Waals surface area contributed by atoms with Gasteiger partial charge in [-0.15, -0.1) is 10.2 Å². The van der Waals surface area contributed by atoms with Gasteiger partial charge in [-0.1, -0.05) is 24.3 Å². The van der Waals surface area contributed by atoms with Gasteiger partial charge in [0.05, 0.1) is 0 Å². The largest absolute Gasteiger partial charge is 0.368 e. The highest BCUT2D eigenvalue weighted by Gasteiger charge is 2.27. The summed E-state index contributed by atoms with van der Waals surface area (Å²) in [6.07, 6.45) is 0. The van der Waals surface area contributed by atoms with Gasteiger partial charge in [0.1, 0.15) is 5.82 Å². The van der Waals surface area contributed by atoms with Gasteiger partial charge in [0.15, 0.2) is 11.5 Å². The second-order valence-corrected chi connectivity index (χ2v) is 8.67. The van der Waals surface area contributed by atoms with Crippen molar-refractivity contribution in [1.82, 2.24) is 20.0 Å². The molecular weight excluding hydrogens is 435 g/mol. The van der Waals surface area contributed by atoms with Gasteiger partial charge >= 0.3 is 0 Å². The number of rotatable bonds is 3. The monoisotopic (exact) mass is 462 g/mol. The van der Waals surface area contributed by atoms with E-state index in [1.807, 2.05) is 24.3 Å². The fourth-order valence-corrected chi connectivity index (χ4v) is 4.68. The zero-order valence-electron chi connectivity index (χ0n) is 19.2. The molecule has 3 heterocycles. The highest BCUT2D eigenvalue weighted by Crippen LogP contribution is 2.28. The van der Waals surface area contributed by atoms with Crippen molar-refractivity contribution in [1.29, 1.82) is 0 Å². The van der Waals surface area contributed by atoms with Crippen LogP contribution in [0.2, 0.25) is 0 Å². The first-order valence-corrected chi connectivity index (χ1v) is 11.6. The molecule has 2 fully saturated rings. The Hall–Kier alpha value is -3.75. The van der Waals surface area contributed by atoms with Crippen LogP contribution in [0.4, 0.5) is 15.9 Å². The average molecular weight is 463 g/mol. The van der Waals surface area contributed by atoms with E-state index in [4.69, 9.17) is 0 Å². The van der Waals surface area contributed by atoms with Crippen LogP contribution in [0.5, 0.6) is 0 Å². The molecule has 0 atom stereocenters. The first-order chi connectivity index (χ1) is 16.5. The van der Waals surface area contributed by atoms with Crippen LogP contribution in [0.1, 0.15) is 17.4 Å². The number of benzene rings is 2. The number of amides is 2. The topological polar surface area (TPSA) is 72.9 Å². The molecule has 2 saturated heterocycles. The lowest BCUT2D eigenvalue weighted by molar-refractivity contribution is -0.130. The molecule has 176 valence electrons. The highest BCUT2D eigenvalue weighted by molar-refractivity contribution is 6.07. The summed E-state index contributed by atoms with van der Waals surface area (Å²) in [5.41, 5.74) is 1.35. The van der Waals surface area contributed by atoms with Crippen LogP contribution in [0.3, 0.4) is 0 Å². The number of piperazine rings is 2. The van der Waals surface area contributed by atoms with Gasteiger partial charge in [-0.05, 0) is 24.3 Å². The van der Waals surface area contributed by atoms with Crippen molar-refractivity contribution in [3.05, 3.63) is 60.0 Å². The zero-order valence-corrected chi connectivity index (χ0v) is 19.2. The summed E-state index contributed by atoms with van der Waals surface area (Å²) in [6, 6.07) is 14.3. The van der Waals surface area contributed by atoms with Crippen LogP contribution < -0.4 is 9.80 Å². The quantitative estimate of drug-likeness (QED) is 0.595. The molecule has 3 aromatic rings. The molecule has 0 bridgehead atoms. The number of fused-ring (bicyclic) bond motifs is 1. The van der Waals surface area contributed by atoms with Crippen molar-refractivity contribution in [3.8, 4) is 0 Å². The smallest absolute Gasteiger partial charge is 0.275 e. The van der Waals surface area contributed by atoms with Gasteiger partial charge in [0.2, 0.25) is 5.91 Å². The summed E-state index contributed by atoms with van der Waals surface area (Å²) in [6.45, 7) is 6.64. The lowest BCUT2D eigenvalue weighted by Gasteiger charge is -2.37. The molecule has 0 unspecified atom stereocenters. The second-order valence-electron chi connectivity index (χ2n) is 8.67. The first-order valence-electron chi connectivity index (χ1n) is 11.6. The minimum Gasteiger partial charge on any atom is -0.368 e. The van der Waals surface area contributed by atoms with Gasteiger partial charge in [0.25, 0.3) is 5.91 Å². The summed E-state index contributed by atoms with van der Waals surface area (Å²) in [5.74, 6) is 0.410. The Morgan fingerprint density at radius 3 is 1.97 bits per heavy atom. The molecule has 0 N–H and O–H groups in total. The molecule has 2 amide bonds. The van der Waals surface area contributed by atoms with Crippen molar-refractivity contribution in [3.63, 3.8) is 0 Å². The molecule has 2 aliphatic rings. The van der Waals surface area contributed by atoms with E-state index in [9.17, 15) is 14.0 Å². The average Bonchev–Trinajstić information content (AvgIpc) is 2.88. The van der Waals surface area contributed by atoms with Gasteiger partial charge in [0, 0.05) is 75.7 Å². The minimum absolute atomic E-state index is 0.0289. The van der Waals surface area contributed by atoms with E-state index in [2.05, 4.69) is 20.0 Å². The summed E-state index contributed by atoms with van der Waals surface area (Å²) < 4.78 is 13.3. The normalized spacial score (nSPS) is 16.8. The first kappa shape index (κ1) is 22.1. The Bertz CT molecular complexity index is 1200. The lowest BCUT2D eigenvalue weighted by atomic mass is 10.1. The van der Waals surface area contributed by atoms with E-state index in [0.29, 0.717) is 31.9 Å². The number of hydrogen-bond donors (Lipinski definition) is 0. The van der Waals surface area contributed by atoms with Crippen LogP contribution in [0.25, 0.3) is 10.8 Å². The van der Waals surface area contributed by atoms with E-state index in [1.165, 1.54) is 12.1 Å². The number of nitrogens with zero attached hydrogens (tertiary/aromatic N) is 6. The molecule has 0 saturated carbocycles. The van der Waals surface area contributed by atoms with E-state index >= 15 is 0 Å². The molecule has 8 nitrogen and oxygen atoms in total. The third-order valence-corrected chi connectivity index (χ3v) is 6.65. The number of carbonyl (C=O) groups is 2. The zero-order chi connectivity index (χ0) is 23.7. The van der Waals surface area contributed by atoms with Gasteiger partial charge in [-0.25, -0.2) is 4.39 Å². The number of hydrogen-bond acceptors (Lipinski definition) is 6. The maximum atomic E-state index is 13.3.